The molecule has 1 heterocycles. The van der Waals surface area contributed by atoms with Gasteiger partial charge in [0.2, 0.25) is 5.91 Å². The minimum Gasteiger partial charge on any atom is -0.365 e. The summed E-state index contributed by atoms with van der Waals surface area (Å²) in [7, 11) is 0. The Morgan fingerprint density at radius 3 is 2.92 bits per heavy atom. The molecule has 0 radical (unpaired) electrons. The number of H-pyrrole nitrogens is 1. The van der Waals surface area contributed by atoms with E-state index in [2.05, 4.69) is 24.1 Å². The van der Waals surface area contributed by atoms with E-state index < -0.39 is 0 Å². The van der Waals surface area contributed by atoms with Crippen molar-refractivity contribution in [1.82, 2.24) is 10.3 Å². The van der Waals surface area contributed by atoms with Gasteiger partial charge in [-0.2, -0.15) is 0 Å². The molecule has 0 aromatic carbocycles. The van der Waals surface area contributed by atoms with Crippen LogP contribution in [0.4, 0.5) is 0 Å². The van der Waals surface area contributed by atoms with E-state index >= 15 is 0 Å². The second-order valence-electron chi connectivity index (χ2n) is 3.57. The summed E-state index contributed by atoms with van der Waals surface area (Å²) in [4.78, 5) is 14.3. The molecule has 0 spiro atoms. The van der Waals surface area contributed by atoms with E-state index in [1.165, 1.54) is 0 Å². The molecule has 0 atom stereocenters. The zero-order valence-corrected chi connectivity index (χ0v) is 8.13. The Bertz CT molecular complexity index is 252. The molecule has 0 saturated carbocycles. The first-order valence-electron chi connectivity index (χ1n) is 4.57. The predicted molar refractivity (Wildman–Crippen MR) is 52.3 cm³/mol. The molecule has 1 rings (SSSR count). The summed E-state index contributed by atoms with van der Waals surface area (Å²) in [6.45, 7) is 4.91. The van der Waals surface area contributed by atoms with Gasteiger partial charge in [-0.1, -0.05) is 13.8 Å². The molecule has 13 heavy (non-hydrogen) atoms. The van der Waals surface area contributed by atoms with Crippen LogP contribution >= 0.6 is 0 Å². The monoisotopic (exact) mass is 180 g/mol. The standard InChI is InChI=1S/C10H16N2O/c1-8(2)7-12-10(13)6-9-4-3-5-11-9/h3-5,8,11H,6-7H2,1-2H3,(H,12,13). The van der Waals surface area contributed by atoms with E-state index in [1.807, 2.05) is 18.3 Å². The van der Waals surface area contributed by atoms with Gasteiger partial charge in [0.05, 0.1) is 6.42 Å². The van der Waals surface area contributed by atoms with Crippen LogP contribution in [0.15, 0.2) is 18.3 Å². The molecule has 3 heteroatoms. The summed E-state index contributed by atoms with van der Waals surface area (Å²) in [5.41, 5.74) is 0.959. The third kappa shape index (κ3) is 3.78. The number of rotatable bonds is 4. The Morgan fingerprint density at radius 2 is 2.38 bits per heavy atom. The Morgan fingerprint density at radius 1 is 1.62 bits per heavy atom. The predicted octanol–water partition coefficient (Wildman–Crippen LogP) is 1.33. The van der Waals surface area contributed by atoms with Crippen LogP contribution in [-0.4, -0.2) is 17.4 Å². The summed E-state index contributed by atoms with van der Waals surface area (Å²) < 4.78 is 0. The smallest absolute Gasteiger partial charge is 0.225 e. The van der Waals surface area contributed by atoms with E-state index in [1.54, 1.807) is 0 Å². The van der Waals surface area contributed by atoms with Crippen LogP contribution in [0, 0.1) is 5.92 Å². The summed E-state index contributed by atoms with van der Waals surface area (Å²) in [5.74, 6) is 0.587. The van der Waals surface area contributed by atoms with Gasteiger partial charge in [-0.25, -0.2) is 0 Å². The number of hydrogen-bond donors (Lipinski definition) is 2. The summed E-state index contributed by atoms with van der Waals surface area (Å²) in [6, 6.07) is 3.81. The third-order valence-corrected chi connectivity index (χ3v) is 1.72. The number of carbonyl (C=O) groups is 1. The molecular formula is C10H16N2O. The lowest BCUT2D eigenvalue weighted by Crippen LogP contribution is -2.28. The van der Waals surface area contributed by atoms with Crippen molar-refractivity contribution < 1.29 is 4.79 Å². The highest BCUT2D eigenvalue weighted by atomic mass is 16.1. The van der Waals surface area contributed by atoms with Crippen LogP contribution < -0.4 is 5.32 Å². The van der Waals surface area contributed by atoms with Gasteiger partial charge in [-0.3, -0.25) is 4.79 Å². The fourth-order valence-electron chi connectivity index (χ4n) is 1.03. The van der Waals surface area contributed by atoms with E-state index in [9.17, 15) is 4.79 Å². The number of hydrogen-bond acceptors (Lipinski definition) is 1. The first-order valence-corrected chi connectivity index (χ1v) is 4.57. The van der Waals surface area contributed by atoms with Crippen molar-refractivity contribution in [2.75, 3.05) is 6.54 Å². The first kappa shape index (κ1) is 9.84. The van der Waals surface area contributed by atoms with Crippen molar-refractivity contribution in [3.8, 4) is 0 Å². The normalized spacial score (nSPS) is 10.4. The zero-order valence-electron chi connectivity index (χ0n) is 8.13. The summed E-state index contributed by atoms with van der Waals surface area (Å²) >= 11 is 0. The van der Waals surface area contributed by atoms with Crippen LogP contribution in [0.25, 0.3) is 0 Å². The highest BCUT2D eigenvalue weighted by Crippen LogP contribution is 1.95. The molecule has 0 aliphatic rings. The average molecular weight is 180 g/mol. The molecule has 1 aromatic rings. The molecule has 3 nitrogen and oxygen atoms in total. The highest BCUT2D eigenvalue weighted by molar-refractivity contribution is 5.78. The Kier molecular flexibility index (Phi) is 3.55. The second-order valence-corrected chi connectivity index (χ2v) is 3.57. The van der Waals surface area contributed by atoms with Gasteiger partial charge in [0.1, 0.15) is 0 Å². The molecule has 0 fully saturated rings. The average Bonchev–Trinajstić information content (AvgIpc) is 2.53. The lowest BCUT2D eigenvalue weighted by atomic mass is 10.2. The van der Waals surface area contributed by atoms with Gasteiger partial charge < -0.3 is 10.3 Å². The fraction of sp³-hybridized carbons (Fsp3) is 0.500. The van der Waals surface area contributed by atoms with Crippen molar-refractivity contribution in [2.45, 2.75) is 20.3 Å². The van der Waals surface area contributed by atoms with Crippen molar-refractivity contribution in [1.29, 1.82) is 0 Å². The number of aromatic nitrogens is 1. The van der Waals surface area contributed by atoms with E-state index in [4.69, 9.17) is 0 Å². The summed E-state index contributed by atoms with van der Waals surface area (Å²) in [5, 5.41) is 2.86. The van der Waals surface area contributed by atoms with Crippen LogP contribution in [0.1, 0.15) is 19.5 Å². The van der Waals surface area contributed by atoms with E-state index in [0.29, 0.717) is 12.3 Å². The topological polar surface area (TPSA) is 44.9 Å². The van der Waals surface area contributed by atoms with Gasteiger partial charge >= 0.3 is 0 Å². The number of amides is 1. The number of nitrogens with one attached hydrogen (secondary N) is 2. The van der Waals surface area contributed by atoms with Gasteiger partial charge in [-0.05, 0) is 18.1 Å². The third-order valence-electron chi connectivity index (χ3n) is 1.72. The minimum atomic E-state index is 0.0798. The highest BCUT2D eigenvalue weighted by Gasteiger charge is 2.03. The van der Waals surface area contributed by atoms with Crippen LogP contribution in [-0.2, 0) is 11.2 Å². The fourth-order valence-corrected chi connectivity index (χ4v) is 1.03. The van der Waals surface area contributed by atoms with E-state index in [-0.39, 0.29) is 5.91 Å². The van der Waals surface area contributed by atoms with Gasteiger partial charge in [0.25, 0.3) is 0 Å². The summed E-state index contributed by atoms with van der Waals surface area (Å²) in [6.07, 6.45) is 2.27. The van der Waals surface area contributed by atoms with Crippen LogP contribution in [0.2, 0.25) is 0 Å². The molecule has 1 amide bonds. The van der Waals surface area contributed by atoms with Crippen molar-refractivity contribution in [2.24, 2.45) is 5.92 Å². The maximum Gasteiger partial charge on any atom is 0.225 e. The quantitative estimate of drug-likeness (QED) is 0.721. The maximum atomic E-state index is 11.3. The molecular weight excluding hydrogens is 164 g/mol. The zero-order chi connectivity index (χ0) is 9.68. The second kappa shape index (κ2) is 4.70. The molecule has 72 valence electrons. The first-order chi connectivity index (χ1) is 6.18. The van der Waals surface area contributed by atoms with Gasteiger partial charge in [0.15, 0.2) is 0 Å². The van der Waals surface area contributed by atoms with Crippen molar-refractivity contribution >= 4 is 5.91 Å². The SMILES string of the molecule is CC(C)CNC(=O)Cc1ccc[nH]1. The molecule has 0 unspecified atom stereocenters. The number of aromatic amines is 1. The lowest BCUT2D eigenvalue weighted by molar-refractivity contribution is -0.120. The molecule has 2 N–H and O–H groups in total. The molecule has 0 aliphatic heterocycles. The van der Waals surface area contributed by atoms with Gasteiger partial charge in [0, 0.05) is 18.4 Å². The van der Waals surface area contributed by atoms with Gasteiger partial charge in [-0.15, -0.1) is 0 Å². The minimum absolute atomic E-state index is 0.0798. The van der Waals surface area contributed by atoms with E-state index in [0.717, 1.165) is 12.2 Å². The molecule has 0 saturated heterocycles. The Labute approximate surface area is 78.5 Å². The lowest BCUT2D eigenvalue weighted by Gasteiger charge is -2.06. The maximum absolute atomic E-state index is 11.3. The van der Waals surface area contributed by atoms with Crippen LogP contribution in [0.5, 0.6) is 0 Å². The van der Waals surface area contributed by atoms with Crippen molar-refractivity contribution in [3.05, 3.63) is 24.0 Å². The molecule has 1 aromatic heterocycles. The Hall–Kier alpha value is -1.25. The Balaban J connectivity index is 2.26. The van der Waals surface area contributed by atoms with Crippen molar-refractivity contribution in [3.63, 3.8) is 0 Å². The molecule has 0 aliphatic carbocycles. The number of carbonyl (C=O) groups excluding carboxylic acids is 1. The largest absolute Gasteiger partial charge is 0.365 e. The molecule has 0 bridgehead atoms. The van der Waals surface area contributed by atoms with Crippen LogP contribution in [0.3, 0.4) is 0 Å².